The van der Waals surface area contributed by atoms with Gasteiger partial charge in [0.05, 0.1) is 6.04 Å². The van der Waals surface area contributed by atoms with Gasteiger partial charge in [-0.15, -0.1) is 0 Å². The average molecular weight is 274 g/mol. The fourth-order valence-corrected chi connectivity index (χ4v) is 3.51. The third kappa shape index (κ3) is 3.04. The topological polar surface area (TPSA) is 32.3 Å². The Morgan fingerprint density at radius 3 is 2.35 bits per heavy atom. The summed E-state index contributed by atoms with van der Waals surface area (Å²) in [5, 5.41) is 3.36. The third-order valence-electron chi connectivity index (χ3n) is 4.29. The summed E-state index contributed by atoms with van der Waals surface area (Å²) in [7, 11) is 3.66. The van der Waals surface area contributed by atoms with Gasteiger partial charge in [0.2, 0.25) is 5.91 Å². The minimum Gasteiger partial charge on any atom is -0.347 e. The number of rotatable bonds is 2. The first kappa shape index (κ1) is 15.0. The highest BCUT2D eigenvalue weighted by Gasteiger charge is 2.29. The number of amides is 1. The molecule has 0 spiro atoms. The number of nitrogens with one attached hydrogen (secondary N) is 1. The number of carbonyl (C=O) groups excluding carboxylic acids is 1. The van der Waals surface area contributed by atoms with Crippen LogP contribution in [0.1, 0.15) is 41.0 Å². The van der Waals surface area contributed by atoms with Crippen molar-refractivity contribution in [2.24, 2.45) is 0 Å². The molecule has 3 heteroatoms. The van der Waals surface area contributed by atoms with Crippen molar-refractivity contribution in [1.82, 2.24) is 10.2 Å². The van der Waals surface area contributed by atoms with Gasteiger partial charge in [-0.05, 0) is 62.8 Å². The molecule has 1 aliphatic rings. The van der Waals surface area contributed by atoms with Crippen LogP contribution in [0, 0.1) is 20.8 Å². The first-order chi connectivity index (χ1) is 9.40. The molecule has 2 unspecified atom stereocenters. The maximum atomic E-state index is 12.2. The Hall–Kier alpha value is -1.35. The van der Waals surface area contributed by atoms with Gasteiger partial charge in [-0.3, -0.25) is 4.79 Å². The lowest BCUT2D eigenvalue weighted by Crippen LogP contribution is -2.47. The van der Waals surface area contributed by atoms with E-state index in [1.54, 1.807) is 4.90 Å². The van der Waals surface area contributed by atoms with E-state index in [4.69, 9.17) is 0 Å². The van der Waals surface area contributed by atoms with Gasteiger partial charge in [0.25, 0.3) is 0 Å². The van der Waals surface area contributed by atoms with Crippen molar-refractivity contribution >= 4 is 5.91 Å². The molecule has 2 rings (SSSR count). The van der Waals surface area contributed by atoms with Gasteiger partial charge in [0.1, 0.15) is 0 Å². The zero-order chi connectivity index (χ0) is 14.9. The maximum Gasteiger partial charge on any atom is 0.239 e. The number of likely N-dealkylation sites (N-methyl/N-ethyl adjacent to an activating group) is 1. The van der Waals surface area contributed by atoms with E-state index in [0.717, 1.165) is 19.4 Å². The van der Waals surface area contributed by atoms with Gasteiger partial charge in [-0.2, -0.15) is 0 Å². The number of nitrogens with zero attached hydrogens (tertiary/aromatic N) is 1. The zero-order valence-electron chi connectivity index (χ0n) is 13.3. The van der Waals surface area contributed by atoms with Crippen molar-refractivity contribution in [2.45, 2.75) is 45.6 Å². The van der Waals surface area contributed by atoms with Crippen molar-refractivity contribution in [1.29, 1.82) is 0 Å². The van der Waals surface area contributed by atoms with Crippen LogP contribution in [-0.2, 0) is 4.79 Å². The van der Waals surface area contributed by atoms with E-state index in [-0.39, 0.29) is 11.9 Å². The summed E-state index contributed by atoms with van der Waals surface area (Å²) in [6.45, 7) is 7.45. The Kier molecular flexibility index (Phi) is 4.48. The molecular weight excluding hydrogens is 248 g/mol. The number of hydrogen-bond acceptors (Lipinski definition) is 2. The van der Waals surface area contributed by atoms with Crippen molar-refractivity contribution in [3.8, 4) is 0 Å². The highest BCUT2D eigenvalue weighted by atomic mass is 16.2. The number of hydrogen-bond donors (Lipinski definition) is 1. The number of aryl methyl sites for hydroxylation is 3. The van der Waals surface area contributed by atoms with Gasteiger partial charge in [0, 0.05) is 14.1 Å². The van der Waals surface area contributed by atoms with E-state index in [9.17, 15) is 4.79 Å². The normalized spacial score (nSPS) is 22.6. The minimum atomic E-state index is -0.0381. The lowest BCUT2D eigenvalue weighted by Gasteiger charge is -2.33. The molecule has 0 radical (unpaired) electrons. The predicted octanol–water partition coefficient (Wildman–Crippen LogP) is 2.54. The molecule has 1 fully saturated rings. The minimum absolute atomic E-state index is 0.0381. The summed E-state index contributed by atoms with van der Waals surface area (Å²) < 4.78 is 0. The van der Waals surface area contributed by atoms with Crippen LogP contribution < -0.4 is 5.32 Å². The second kappa shape index (κ2) is 5.96. The molecule has 1 N–H and O–H groups in total. The first-order valence-electron chi connectivity index (χ1n) is 7.42. The predicted molar refractivity (Wildman–Crippen MR) is 83.1 cm³/mol. The second-order valence-electron chi connectivity index (χ2n) is 6.27. The fourth-order valence-electron chi connectivity index (χ4n) is 3.51. The molecule has 1 amide bonds. The number of piperidine rings is 1. The van der Waals surface area contributed by atoms with Crippen LogP contribution >= 0.6 is 0 Å². The van der Waals surface area contributed by atoms with Crippen LogP contribution in [0.25, 0.3) is 0 Å². The molecule has 1 aromatic rings. The molecule has 1 aromatic carbocycles. The molecule has 0 bridgehead atoms. The zero-order valence-corrected chi connectivity index (χ0v) is 13.3. The van der Waals surface area contributed by atoms with Crippen LogP contribution in [-0.4, -0.2) is 37.5 Å². The van der Waals surface area contributed by atoms with E-state index in [0.29, 0.717) is 5.92 Å². The summed E-state index contributed by atoms with van der Waals surface area (Å²) in [5.41, 5.74) is 5.50. The lowest BCUT2D eigenvalue weighted by atomic mass is 9.81. The van der Waals surface area contributed by atoms with E-state index in [1.807, 2.05) is 14.1 Å². The number of carbonyl (C=O) groups is 1. The van der Waals surface area contributed by atoms with Gasteiger partial charge < -0.3 is 10.2 Å². The summed E-state index contributed by atoms with van der Waals surface area (Å²) >= 11 is 0. The van der Waals surface area contributed by atoms with Gasteiger partial charge in [-0.1, -0.05) is 17.7 Å². The number of benzene rings is 1. The van der Waals surface area contributed by atoms with Crippen molar-refractivity contribution in [3.05, 3.63) is 34.4 Å². The summed E-state index contributed by atoms with van der Waals surface area (Å²) in [6, 6.07) is 4.48. The molecule has 0 saturated carbocycles. The summed E-state index contributed by atoms with van der Waals surface area (Å²) in [6.07, 6.45) is 2.02. The van der Waals surface area contributed by atoms with Crippen LogP contribution in [0.3, 0.4) is 0 Å². The van der Waals surface area contributed by atoms with Crippen molar-refractivity contribution < 1.29 is 4.79 Å². The largest absolute Gasteiger partial charge is 0.347 e. The molecule has 0 aliphatic carbocycles. The fraction of sp³-hybridized carbons (Fsp3) is 0.588. The van der Waals surface area contributed by atoms with E-state index in [2.05, 4.69) is 38.2 Å². The Morgan fingerprint density at radius 2 is 1.80 bits per heavy atom. The standard InChI is InChI=1S/C17H26N2O/c1-11-8-12(2)16(13(3)9-11)14-6-7-18-15(10-14)17(20)19(4)5/h8-9,14-15,18H,6-7,10H2,1-5H3. The first-order valence-corrected chi connectivity index (χ1v) is 7.42. The SMILES string of the molecule is Cc1cc(C)c(C2CCNC(C(=O)N(C)C)C2)c(C)c1. The Labute approximate surface area is 122 Å². The average Bonchev–Trinajstić information content (AvgIpc) is 2.36. The van der Waals surface area contributed by atoms with E-state index in [1.165, 1.54) is 22.3 Å². The molecule has 2 atom stereocenters. The Balaban J connectivity index is 2.23. The van der Waals surface area contributed by atoms with Crippen LogP contribution in [0.5, 0.6) is 0 Å². The Bertz CT molecular complexity index is 485. The van der Waals surface area contributed by atoms with Crippen molar-refractivity contribution in [2.75, 3.05) is 20.6 Å². The second-order valence-corrected chi connectivity index (χ2v) is 6.27. The molecule has 1 aliphatic heterocycles. The molecule has 110 valence electrons. The highest BCUT2D eigenvalue weighted by molar-refractivity contribution is 5.81. The van der Waals surface area contributed by atoms with Crippen molar-refractivity contribution in [3.63, 3.8) is 0 Å². The molecule has 1 heterocycles. The van der Waals surface area contributed by atoms with Crippen LogP contribution in [0.4, 0.5) is 0 Å². The highest BCUT2D eigenvalue weighted by Crippen LogP contribution is 2.33. The van der Waals surface area contributed by atoms with Gasteiger partial charge in [0.15, 0.2) is 0 Å². The van der Waals surface area contributed by atoms with Crippen LogP contribution in [0.2, 0.25) is 0 Å². The molecule has 1 saturated heterocycles. The molecule has 3 nitrogen and oxygen atoms in total. The molecule has 0 aromatic heterocycles. The molecule has 20 heavy (non-hydrogen) atoms. The van der Waals surface area contributed by atoms with E-state index >= 15 is 0 Å². The lowest BCUT2D eigenvalue weighted by molar-refractivity contribution is -0.131. The van der Waals surface area contributed by atoms with Crippen LogP contribution in [0.15, 0.2) is 12.1 Å². The smallest absolute Gasteiger partial charge is 0.239 e. The third-order valence-corrected chi connectivity index (χ3v) is 4.29. The quantitative estimate of drug-likeness (QED) is 0.899. The van der Waals surface area contributed by atoms with Gasteiger partial charge >= 0.3 is 0 Å². The Morgan fingerprint density at radius 1 is 1.20 bits per heavy atom. The summed E-state index contributed by atoms with van der Waals surface area (Å²) in [5.74, 6) is 0.683. The summed E-state index contributed by atoms with van der Waals surface area (Å²) in [4.78, 5) is 13.9. The monoisotopic (exact) mass is 274 g/mol. The van der Waals surface area contributed by atoms with Gasteiger partial charge in [-0.25, -0.2) is 0 Å². The van der Waals surface area contributed by atoms with E-state index < -0.39 is 0 Å². The maximum absolute atomic E-state index is 12.2. The molecular formula is C17H26N2O.